The van der Waals surface area contributed by atoms with Crippen LogP contribution < -0.4 is 0 Å². The van der Waals surface area contributed by atoms with Crippen LogP contribution in [0.3, 0.4) is 0 Å². The van der Waals surface area contributed by atoms with Crippen LogP contribution in [0.2, 0.25) is 5.02 Å². The first-order valence-electron chi connectivity index (χ1n) is 7.28. The van der Waals surface area contributed by atoms with Gasteiger partial charge in [-0.2, -0.15) is 17.5 Å². The molecule has 1 heterocycles. The summed E-state index contributed by atoms with van der Waals surface area (Å²) in [4.78, 5) is 12.5. The Bertz CT molecular complexity index is 796. The molecule has 0 spiro atoms. The molecule has 1 amide bonds. The van der Waals surface area contributed by atoms with E-state index in [9.17, 15) is 26.4 Å². The van der Waals surface area contributed by atoms with Crippen molar-refractivity contribution in [2.24, 2.45) is 0 Å². The van der Waals surface area contributed by atoms with E-state index in [4.69, 9.17) is 11.6 Å². The molecule has 0 unspecified atom stereocenters. The van der Waals surface area contributed by atoms with Gasteiger partial charge in [0, 0.05) is 25.7 Å². The number of nitrogens with zero attached hydrogens (tertiary/aromatic N) is 2. The summed E-state index contributed by atoms with van der Waals surface area (Å²) in [5, 5.41) is -0.287. The number of hydrogen-bond acceptors (Lipinski definition) is 3. The lowest BCUT2D eigenvalue weighted by Crippen LogP contribution is -2.55. The number of alkyl halides is 3. The van der Waals surface area contributed by atoms with E-state index in [0.717, 1.165) is 22.5 Å². The van der Waals surface area contributed by atoms with Crippen molar-refractivity contribution in [3.05, 3.63) is 41.4 Å². The minimum Gasteiger partial charge on any atom is -0.336 e. The minimum absolute atomic E-state index is 0.0460. The van der Waals surface area contributed by atoms with Crippen molar-refractivity contribution in [2.45, 2.75) is 24.0 Å². The van der Waals surface area contributed by atoms with Crippen LogP contribution in [-0.2, 0) is 21.0 Å². The van der Waals surface area contributed by atoms with Crippen LogP contribution in [-0.4, -0.2) is 49.2 Å². The third kappa shape index (κ3) is 3.99. The van der Waals surface area contributed by atoms with Crippen LogP contribution in [0.4, 0.5) is 13.2 Å². The quantitative estimate of drug-likeness (QED) is 0.738. The van der Waals surface area contributed by atoms with Crippen molar-refractivity contribution in [3.8, 4) is 0 Å². The number of carbonyl (C=O) groups is 1. The van der Waals surface area contributed by atoms with E-state index < -0.39 is 32.7 Å². The lowest BCUT2D eigenvalue weighted by Gasteiger charge is -2.38. The highest BCUT2D eigenvalue weighted by atomic mass is 35.5. The van der Waals surface area contributed by atoms with Crippen LogP contribution >= 0.6 is 11.6 Å². The van der Waals surface area contributed by atoms with Gasteiger partial charge in [0.2, 0.25) is 15.9 Å². The van der Waals surface area contributed by atoms with Gasteiger partial charge in [0.15, 0.2) is 0 Å². The molecule has 1 aromatic carbocycles. The Hall–Kier alpha value is -1.58. The molecule has 1 fully saturated rings. The monoisotopic (exact) mass is 396 g/mol. The molecule has 25 heavy (non-hydrogen) atoms. The van der Waals surface area contributed by atoms with E-state index in [1.165, 1.54) is 4.90 Å². The molecule has 1 atom stereocenters. The average molecular weight is 397 g/mol. The first-order chi connectivity index (χ1) is 11.5. The summed E-state index contributed by atoms with van der Waals surface area (Å²) < 4.78 is 65.3. The molecule has 0 N–H and O–H groups in total. The minimum atomic E-state index is -4.68. The summed E-state index contributed by atoms with van der Waals surface area (Å²) >= 11 is 5.85. The Balaban J connectivity index is 2.37. The SMILES string of the molecule is C=CC(=O)N1CCN(S(=O)(=O)c2cc(C(F)(F)F)ccc2Cl)[C@@H](C)C1. The molecule has 0 bridgehead atoms. The average Bonchev–Trinajstić information content (AvgIpc) is 2.52. The van der Waals surface area contributed by atoms with Gasteiger partial charge >= 0.3 is 6.18 Å². The number of hydrogen-bond donors (Lipinski definition) is 0. The molecular formula is C15H16ClF3N2O3S. The summed E-state index contributed by atoms with van der Waals surface area (Å²) in [6.07, 6.45) is -3.56. The van der Waals surface area contributed by atoms with E-state index in [2.05, 4.69) is 6.58 Å². The third-order valence-electron chi connectivity index (χ3n) is 3.90. The largest absolute Gasteiger partial charge is 0.416 e. The first-order valence-corrected chi connectivity index (χ1v) is 9.10. The summed E-state index contributed by atoms with van der Waals surface area (Å²) in [6, 6.07) is 1.56. The van der Waals surface area contributed by atoms with Gasteiger partial charge in [-0.25, -0.2) is 8.42 Å². The lowest BCUT2D eigenvalue weighted by atomic mass is 10.2. The zero-order chi connectivity index (χ0) is 19.0. The van der Waals surface area contributed by atoms with Crippen molar-refractivity contribution >= 4 is 27.5 Å². The molecule has 0 saturated carbocycles. The van der Waals surface area contributed by atoms with Crippen LogP contribution in [0, 0.1) is 0 Å². The highest BCUT2D eigenvalue weighted by Gasteiger charge is 2.38. The Labute approximate surface area is 148 Å². The smallest absolute Gasteiger partial charge is 0.336 e. The van der Waals surface area contributed by atoms with E-state index in [1.54, 1.807) is 6.92 Å². The highest BCUT2D eigenvalue weighted by molar-refractivity contribution is 7.89. The van der Waals surface area contributed by atoms with E-state index in [1.807, 2.05) is 0 Å². The summed E-state index contributed by atoms with van der Waals surface area (Å²) in [7, 11) is -4.24. The molecular weight excluding hydrogens is 381 g/mol. The molecule has 1 aliphatic heterocycles. The number of carbonyl (C=O) groups excluding carboxylic acids is 1. The first kappa shape index (κ1) is 19.7. The fraction of sp³-hybridized carbons (Fsp3) is 0.400. The van der Waals surface area contributed by atoms with Gasteiger partial charge in [-0.1, -0.05) is 18.2 Å². The molecule has 1 aromatic rings. The molecule has 1 saturated heterocycles. The summed E-state index contributed by atoms with van der Waals surface area (Å²) in [6.45, 7) is 5.13. The van der Waals surface area contributed by atoms with Gasteiger partial charge in [-0.3, -0.25) is 4.79 Å². The van der Waals surface area contributed by atoms with Gasteiger partial charge in [0.05, 0.1) is 10.6 Å². The Morgan fingerprint density at radius 1 is 1.36 bits per heavy atom. The fourth-order valence-electron chi connectivity index (χ4n) is 2.63. The summed E-state index contributed by atoms with van der Waals surface area (Å²) in [5.74, 6) is -0.332. The zero-order valence-electron chi connectivity index (χ0n) is 13.3. The molecule has 10 heteroatoms. The number of halogens is 4. The predicted octanol–water partition coefficient (Wildman–Crippen LogP) is 2.77. The Morgan fingerprint density at radius 2 is 2.00 bits per heavy atom. The van der Waals surface area contributed by atoms with Gasteiger partial charge in [0.1, 0.15) is 4.90 Å². The van der Waals surface area contributed by atoms with Gasteiger partial charge in [0.25, 0.3) is 0 Å². The van der Waals surface area contributed by atoms with Crippen LogP contribution in [0.1, 0.15) is 12.5 Å². The Morgan fingerprint density at radius 3 is 2.52 bits per heavy atom. The molecule has 5 nitrogen and oxygen atoms in total. The second kappa shape index (κ2) is 6.97. The van der Waals surface area contributed by atoms with Crippen LogP contribution in [0.25, 0.3) is 0 Å². The predicted molar refractivity (Wildman–Crippen MR) is 86.6 cm³/mol. The fourth-order valence-corrected chi connectivity index (χ4v) is 4.75. The van der Waals surface area contributed by atoms with Gasteiger partial charge in [-0.05, 0) is 31.2 Å². The van der Waals surface area contributed by atoms with Crippen molar-refractivity contribution < 1.29 is 26.4 Å². The molecule has 138 valence electrons. The topological polar surface area (TPSA) is 57.7 Å². The summed E-state index contributed by atoms with van der Waals surface area (Å²) in [5.41, 5.74) is -1.09. The second-order valence-corrected chi connectivity index (χ2v) is 7.86. The highest BCUT2D eigenvalue weighted by Crippen LogP contribution is 2.35. The maximum absolute atomic E-state index is 12.9. The molecule has 0 aliphatic carbocycles. The number of rotatable bonds is 3. The van der Waals surface area contributed by atoms with E-state index in [0.29, 0.717) is 6.07 Å². The second-order valence-electron chi connectivity index (χ2n) is 5.60. The Kier molecular flexibility index (Phi) is 5.50. The van der Waals surface area contributed by atoms with E-state index in [-0.39, 0.29) is 30.6 Å². The van der Waals surface area contributed by atoms with Crippen LogP contribution in [0.5, 0.6) is 0 Å². The third-order valence-corrected chi connectivity index (χ3v) is 6.39. The van der Waals surface area contributed by atoms with Crippen molar-refractivity contribution in [1.82, 2.24) is 9.21 Å². The van der Waals surface area contributed by atoms with Gasteiger partial charge < -0.3 is 4.90 Å². The lowest BCUT2D eigenvalue weighted by molar-refractivity contribution is -0.137. The maximum atomic E-state index is 12.9. The number of amides is 1. The molecule has 1 aliphatic rings. The van der Waals surface area contributed by atoms with Crippen molar-refractivity contribution in [1.29, 1.82) is 0 Å². The van der Waals surface area contributed by atoms with Crippen molar-refractivity contribution in [2.75, 3.05) is 19.6 Å². The standard InChI is InChI=1S/C15H16ClF3N2O3S/c1-3-14(22)20-6-7-21(10(2)9-20)25(23,24)13-8-11(15(17,18)19)4-5-12(13)16/h3-5,8,10H,1,6-7,9H2,2H3/t10-/m0/s1. The van der Waals surface area contributed by atoms with Gasteiger partial charge in [-0.15, -0.1) is 0 Å². The van der Waals surface area contributed by atoms with E-state index >= 15 is 0 Å². The number of sulfonamides is 1. The zero-order valence-corrected chi connectivity index (χ0v) is 14.8. The number of benzene rings is 1. The van der Waals surface area contributed by atoms with Crippen molar-refractivity contribution in [3.63, 3.8) is 0 Å². The number of piperazine rings is 1. The van der Waals surface area contributed by atoms with Crippen LogP contribution in [0.15, 0.2) is 35.7 Å². The normalized spacial score (nSPS) is 19.7. The molecule has 0 radical (unpaired) electrons. The molecule has 2 rings (SSSR count). The maximum Gasteiger partial charge on any atom is 0.416 e. The molecule has 0 aromatic heterocycles.